The van der Waals surface area contributed by atoms with Crippen molar-refractivity contribution < 1.29 is 9.90 Å². The average Bonchev–Trinajstić information content (AvgIpc) is 2.51. The summed E-state index contributed by atoms with van der Waals surface area (Å²) in [6, 6.07) is 10.8. The second-order valence-electron chi connectivity index (χ2n) is 5.27. The summed E-state index contributed by atoms with van der Waals surface area (Å²) in [6.07, 6.45) is 1.35. The number of benzene rings is 2. The molecule has 2 N–H and O–H groups in total. The van der Waals surface area contributed by atoms with Crippen LogP contribution in [0.3, 0.4) is 0 Å². The number of anilines is 1. The molecule has 2 aromatic rings. The maximum atomic E-state index is 12.4. The van der Waals surface area contributed by atoms with Crippen LogP contribution in [0.1, 0.15) is 16.7 Å². The number of carbonyl (C=O) groups is 1. The number of halogens is 2. The molecule has 0 bridgehead atoms. The summed E-state index contributed by atoms with van der Waals surface area (Å²) in [4.78, 5) is 12.4. The molecule has 0 radical (unpaired) electrons. The number of carbonyl (C=O) groups excluding carboxylic acids is 1. The van der Waals surface area contributed by atoms with Gasteiger partial charge in [0.05, 0.1) is 4.47 Å². The molecular formula is C18H14Br2N2O2. The van der Waals surface area contributed by atoms with Crippen molar-refractivity contribution in [1.82, 2.24) is 0 Å². The SMILES string of the molecule is Cc1ccc(NC(=O)/C(C#N)=C/c2cc(Br)cc(Br)c2O)c(C)c1. The zero-order chi connectivity index (χ0) is 17.9. The maximum absolute atomic E-state index is 12.4. The molecular weight excluding hydrogens is 436 g/mol. The van der Waals surface area contributed by atoms with Crippen molar-refractivity contribution >= 4 is 49.5 Å². The van der Waals surface area contributed by atoms with Crippen molar-refractivity contribution in [1.29, 1.82) is 5.26 Å². The average molecular weight is 450 g/mol. The molecule has 0 aliphatic carbocycles. The van der Waals surface area contributed by atoms with E-state index in [4.69, 9.17) is 0 Å². The van der Waals surface area contributed by atoms with Gasteiger partial charge in [-0.1, -0.05) is 33.6 Å². The number of nitriles is 1. The van der Waals surface area contributed by atoms with Crippen molar-refractivity contribution in [2.75, 3.05) is 5.32 Å². The van der Waals surface area contributed by atoms with E-state index < -0.39 is 5.91 Å². The highest BCUT2D eigenvalue weighted by molar-refractivity contribution is 9.11. The van der Waals surface area contributed by atoms with Gasteiger partial charge in [0.1, 0.15) is 17.4 Å². The van der Waals surface area contributed by atoms with E-state index in [0.29, 0.717) is 20.2 Å². The lowest BCUT2D eigenvalue weighted by Gasteiger charge is -2.09. The zero-order valence-electron chi connectivity index (χ0n) is 13.0. The van der Waals surface area contributed by atoms with Gasteiger partial charge < -0.3 is 10.4 Å². The molecule has 6 heteroatoms. The van der Waals surface area contributed by atoms with Gasteiger partial charge in [-0.05, 0) is 59.6 Å². The van der Waals surface area contributed by atoms with Crippen LogP contribution in [0.25, 0.3) is 6.08 Å². The summed E-state index contributed by atoms with van der Waals surface area (Å²) in [5.74, 6) is -0.565. The van der Waals surface area contributed by atoms with Crippen LogP contribution in [-0.2, 0) is 4.79 Å². The number of nitrogens with one attached hydrogen (secondary N) is 1. The van der Waals surface area contributed by atoms with Crippen LogP contribution in [0.15, 0.2) is 44.9 Å². The third-order valence-electron chi connectivity index (χ3n) is 3.35. The van der Waals surface area contributed by atoms with Crippen LogP contribution in [0.4, 0.5) is 5.69 Å². The second-order valence-corrected chi connectivity index (χ2v) is 7.04. The Hall–Kier alpha value is -2.10. The molecule has 0 aliphatic rings. The number of aromatic hydroxyl groups is 1. The number of aryl methyl sites for hydroxylation is 2. The minimum Gasteiger partial charge on any atom is -0.506 e. The number of phenolic OH excluding ortho intramolecular Hbond substituents is 1. The van der Waals surface area contributed by atoms with E-state index in [2.05, 4.69) is 37.2 Å². The number of nitrogens with zero attached hydrogens (tertiary/aromatic N) is 1. The number of amides is 1. The molecule has 0 saturated heterocycles. The van der Waals surface area contributed by atoms with Crippen molar-refractivity contribution in [3.8, 4) is 11.8 Å². The molecule has 0 spiro atoms. The maximum Gasteiger partial charge on any atom is 0.266 e. The fourth-order valence-corrected chi connectivity index (χ4v) is 3.40. The lowest BCUT2D eigenvalue weighted by atomic mass is 10.1. The predicted molar refractivity (Wildman–Crippen MR) is 102 cm³/mol. The van der Waals surface area contributed by atoms with Crippen molar-refractivity contribution in [3.05, 3.63) is 61.5 Å². The summed E-state index contributed by atoms with van der Waals surface area (Å²) < 4.78 is 1.18. The molecule has 0 aliphatic heterocycles. The first-order valence-electron chi connectivity index (χ1n) is 7.00. The first kappa shape index (κ1) is 18.2. The van der Waals surface area contributed by atoms with Crippen LogP contribution in [-0.4, -0.2) is 11.0 Å². The second kappa shape index (κ2) is 7.65. The Morgan fingerprint density at radius 2 is 1.96 bits per heavy atom. The summed E-state index contributed by atoms with van der Waals surface area (Å²) in [5, 5.41) is 22.1. The van der Waals surface area contributed by atoms with Crippen LogP contribution in [0, 0.1) is 25.2 Å². The van der Waals surface area contributed by atoms with Gasteiger partial charge in [-0.3, -0.25) is 4.79 Å². The summed E-state index contributed by atoms with van der Waals surface area (Å²) in [7, 11) is 0. The standard InChI is InChI=1S/C18H14Br2N2O2/c1-10-3-4-16(11(2)5-10)22-18(24)13(9-21)6-12-7-14(19)8-15(20)17(12)23/h3-8,23H,1-2H3,(H,22,24)/b13-6+. The monoisotopic (exact) mass is 448 g/mol. The topological polar surface area (TPSA) is 73.1 Å². The highest BCUT2D eigenvalue weighted by atomic mass is 79.9. The Morgan fingerprint density at radius 1 is 1.25 bits per heavy atom. The van der Waals surface area contributed by atoms with E-state index in [9.17, 15) is 15.2 Å². The number of phenols is 1. The van der Waals surface area contributed by atoms with Crippen LogP contribution in [0.5, 0.6) is 5.75 Å². The molecule has 4 nitrogen and oxygen atoms in total. The Bertz CT molecular complexity index is 883. The smallest absolute Gasteiger partial charge is 0.266 e. The van der Waals surface area contributed by atoms with E-state index in [1.807, 2.05) is 32.0 Å². The minimum absolute atomic E-state index is 0.0368. The van der Waals surface area contributed by atoms with Crippen molar-refractivity contribution in [2.45, 2.75) is 13.8 Å². The van der Waals surface area contributed by atoms with Crippen molar-refractivity contribution in [2.24, 2.45) is 0 Å². The number of hydrogen-bond donors (Lipinski definition) is 2. The van der Waals surface area contributed by atoms with Gasteiger partial charge >= 0.3 is 0 Å². The van der Waals surface area contributed by atoms with Crippen LogP contribution >= 0.6 is 31.9 Å². The summed E-state index contributed by atoms with van der Waals surface area (Å²) in [6.45, 7) is 3.85. The lowest BCUT2D eigenvalue weighted by molar-refractivity contribution is -0.112. The number of hydrogen-bond acceptors (Lipinski definition) is 3. The van der Waals surface area contributed by atoms with Gasteiger partial charge in [0.15, 0.2) is 0 Å². The predicted octanol–water partition coefficient (Wildman–Crippen LogP) is 5.08. The summed E-state index contributed by atoms with van der Waals surface area (Å²) >= 11 is 6.54. The molecule has 0 fully saturated rings. The Morgan fingerprint density at radius 3 is 2.58 bits per heavy atom. The summed E-state index contributed by atoms with van der Waals surface area (Å²) in [5.41, 5.74) is 2.91. The van der Waals surface area contributed by atoms with E-state index in [1.165, 1.54) is 6.08 Å². The molecule has 0 heterocycles. The largest absolute Gasteiger partial charge is 0.506 e. The van der Waals surface area contributed by atoms with E-state index in [0.717, 1.165) is 11.1 Å². The molecule has 2 rings (SSSR count). The van der Waals surface area contributed by atoms with E-state index >= 15 is 0 Å². The molecule has 1 amide bonds. The zero-order valence-corrected chi connectivity index (χ0v) is 16.2. The molecule has 122 valence electrons. The Kier molecular flexibility index (Phi) is 5.81. The fraction of sp³-hybridized carbons (Fsp3) is 0.111. The Labute approximate surface area is 157 Å². The number of rotatable bonds is 3. The normalized spacial score (nSPS) is 11.0. The van der Waals surface area contributed by atoms with Crippen LogP contribution in [0.2, 0.25) is 0 Å². The lowest BCUT2D eigenvalue weighted by Crippen LogP contribution is -2.14. The third kappa shape index (κ3) is 4.25. The van der Waals surface area contributed by atoms with Crippen LogP contribution < -0.4 is 5.32 Å². The van der Waals surface area contributed by atoms with Gasteiger partial charge in [-0.2, -0.15) is 5.26 Å². The van der Waals surface area contributed by atoms with E-state index in [1.54, 1.807) is 18.2 Å². The molecule has 0 unspecified atom stereocenters. The van der Waals surface area contributed by atoms with E-state index in [-0.39, 0.29) is 11.3 Å². The van der Waals surface area contributed by atoms with Gasteiger partial charge in [-0.15, -0.1) is 0 Å². The van der Waals surface area contributed by atoms with Gasteiger partial charge in [0, 0.05) is 15.7 Å². The first-order valence-corrected chi connectivity index (χ1v) is 8.59. The van der Waals surface area contributed by atoms with Crippen molar-refractivity contribution in [3.63, 3.8) is 0 Å². The van der Waals surface area contributed by atoms with Gasteiger partial charge in [0.2, 0.25) is 0 Å². The highest BCUT2D eigenvalue weighted by Gasteiger charge is 2.13. The Balaban J connectivity index is 2.34. The van der Waals surface area contributed by atoms with Gasteiger partial charge in [0.25, 0.3) is 5.91 Å². The highest BCUT2D eigenvalue weighted by Crippen LogP contribution is 2.33. The fourth-order valence-electron chi connectivity index (χ4n) is 2.14. The first-order chi connectivity index (χ1) is 11.3. The minimum atomic E-state index is -0.528. The molecule has 0 saturated carbocycles. The molecule has 0 aromatic heterocycles. The van der Waals surface area contributed by atoms with Gasteiger partial charge in [-0.25, -0.2) is 0 Å². The quantitative estimate of drug-likeness (QED) is 0.506. The molecule has 0 atom stereocenters. The third-order valence-corrected chi connectivity index (χ3v) is 4.42. The molecule has 2 aromatic carbocycles. The molecule has 24 heavy (non-hydrogen) atoms.